The number of H-pyrrole nitrogens is 1. The molecule has 0 radical (unpaired) electrons. The van der Waals surface area contributed by atoms with Crippen LogP contribution in [0.4, 0.5) is 0 Å². The summed E-state index contributed by atoms with van der Waals surface area (Å²) in [6, 6.07) is 12.7. The maximum absolute atomic E-state index is 4.60. The number of aryl methyl sites for hydroxylation is 1. The van der Waals surface area contributed by atoms with Crippen LogP contribution in [-0.4, -0.2) is 9.97 Å². The van der Waals surface area contributed by atoms with Crippen LogP contribution in [0, 0.1) is 0 Å². The molecule has 0 bridgehead atoms. The summed E-state index contributed by atoms with van der Waals surface area (Å²) in [7, 11) is 0. The number of nitrogens with zero attached hydrogens (tertiary/aromatic N) is 1. The number of rotatable bonds is 2. The molecule has 1 aromatic carbocycles. The molecule has 2 nitrogen and oxygen atoms in total. The molecule has 0 unspecified atom stereocenters. The van der Waals surface area contributed by atoms with E-state index in [9.17, 15) is 0 Å². The summed E-state index contributed by atoms with van der Waals surface area (Å²) < 4.78 is 0. The Labute approximate surface area is 121 Å². The first-order valence-electron chi connectivity index (χ1n) is 6.80. The highest BCUT2D eigenvalue weighted by Crippen LogP contribution is 2.33. The van der Waals surface area contributed by atoms with Crippen LogP contribution in [0.2, 0.25) is 0 Å². The van der Waals surface area contributed by atoms with Crippen LogP contribution in [0.3, 0.4) is 0 Å². The second kappa shape index (κ2) is 4.46. The molecule has 0 atom stereocenters. The molecule has 1 N–H and O–H groups in total. The second-order valence-electron chi connectivity index (χ2n) is 4.91. The van der Waals surface area contributed by atoms with Crippen molar-refractivity contribution < 1.29 is 0 Å². The van der Waals surface area contributed by atoms with Crippen LogP contribution in [0.5, 0.6) is 0 Å². The summed E-state index contributed by atoms with van der Waals surface area (Å²) in [5, 5.41) is 4.71. The zero-order chi connectivity index (χ0) is 13.5. The van der Waals surface area contributed by atoms with Gasteiger partial charge in [0.1, 0.15) is 0 Å². The molecule has 3 aromatic heterocycles. The van der Waals surface area contributed by atoms with E-state index in [1.165, 1.54) is 26.7 Å². The van der Waals surface area contributed by atoms with Crippen LogP contribution >= 0.6 is 11.3 Å². The lowest BCUT2D eigenvalue weighted by molar-refractivity contribution is 1.19. The lowest BCUT2D eigenvalue weighted by Gasteiger charge is -1.99. The quantitative estimate of drug-likeness (QED) is 0.548. The van der Waals surface area contributed by atoms with Gasteiger partial charge >= 0.3 is 0 Å². The number of aromatic nitrogens is 2. The van der Waals surface area contributed by atoms with E-state index in [-0.39, 0.29) is 0 Å². The first-order chi connectivity index (χ1) is 9.86. The summed E-state index contributed by atoms with van der Waals surface area (Å²) in [5.74, 6) is 0. The van der Waals surface area contributed by atoms with E-state index >= 15 is 0 Å². The lowest BCUT2D eigenvalue weighted by atomic mass is 10.1. The highest BCUT2D eigenvalue weighted by atomic mass is 32.1. The molecular formula is C17H14N2S. The molecule has 0 aliphatic carbocycles. The van der Waals surface area contributed by atoms with Crippen molar-refractivity contribution in [3.8, 4) is 11.3 Å². The lowest BCUT2D eigenvalue weighted by Crippen LogP contribution is -1.82. The van der Waals surface area contributed by atoms with Gasteiger partial charge in [-0.1, -0.05) is 25.1 Å². The predicted octanol–water partition coefficient (Wildman–Crippen LogP) is 5.01. The number of para-hydroxylation sites is 1. The van der Waals surface area contributed by atoms with Gasteiger partial charge < -0.3 is 4.98 Å². The van der Waals surface area contributed by atoms with E-state index in [1.807, 2.05) is 6.20 Å². The summed E-state index contributed by atoms with van der Waals surface area (Å²) in [5.41, 5.74) is 4.57. The number of hydrogen-bond donors (Lipinski definition) is 1. The van der Waals surface area contributed by atoms with E-state index < -0.39 is 0 Å². The Morgan fingerprint density at radius 3 is 2.90 bits per heavy atom. The summed E-state index contributed by atoms with van der Waals surface area (Å²) in [6.45, 7) is 2.19. The molecule has 0 fully saturated rings. The molecule has 0 saturated carbocycles. The van der Waals surface area contributed by atoms with Crippen molar-refractivity contribution in [2.75, 3.05) is 0 Å². The van der Waals surface area contributed by atoms with Gasteiger partial charge in [0, 0.05) is 38.3 Å². The van der Waals surface area contributed by atoms with Crippen molar-refractivity contribution in [1.82, 2.24) is 9.97 Å². The molecule has 0 aliphatic rings. The van der Waals surface area contributed by atoms with Gasteiger partial charge in [0.2, 0.25) is 0 Å². The van der Waals surface area contributed by atoms with Crippen LogP contribution in [0.25, 0.3) is 33.1 Å². The average molecular weight is 278 g/mol. The summed E-state index contributed by atoms with van der Waals surface area (Å²) in [4.78, 5) is 9.51. The predicted molar refractivity (Wildman–Crippen MR) is 86.3 cm³/mol. The minimum atomic E-state index is 1.05. The number of fused-ring (bicyclic) bond motifs is 3. The zero-order valence-electron chi connectivity index (χ0n) is 11.2. The maximum Gasteiger partial charge on any atom is 0.0951 e. The van der Waals surface area contributed by atoms with Gasteiger partial charge in [0.15, 0.2) is 0 Å². The van der Waals surface area contributed by atoms with Crippen LogP contribution in [-0.2, 0) is 6.42 Å². The Hall–Kier alpha value is -2.13. The van der Waals surface area contributed by atoms with Gasteiger partial charge in [0.25, 0.3) is 0 Å². The van der Waals surface area contributed by atoms with E-state index in [4.69, 9.17) is 0 Å². The summed E-state index contributed by atoms with van der Waals surface area (Å²) in [6.07, 6.45) is 2.98. The fraction of sp³-hybridized carbons (Fsp3) is 0.118. The largest absolute Gasteiger partial charge is 0.353 e. The van der Waals surface area contributed by atoms with Crippen LogP contribution in [0.1, 0.15) is 11.8 Å². The summed E-state index contributed by atoms with van der Waals surface area (Å²) >= 11 is 1.81. The minimum absolute atomic E-state index is 1.05. The molecule has 3 heteroatoms. The van der Waals surface area contributed by atoms with Crippen molar-refractivity contribution in [2.45, 2.75) is 13.3 Å². The van der Waals surface area contributed by atoms with Crippen molar-refractivity contribution >= 4 is 33.1 Å². The first kappa shape index (κ1) is 11.7. The van der Waals surface area contributed by atoms with Crippen LogP contribution < -0.4 is 0 Å². The van der Waals surface area contributed by atoms with Crippen molar-refractivity contribution in [1.29, 1.82) is 0 Å². The van der Waals surface area contributed by atoms with E-state index in [1.54, 1.807) is 11.3 Å². The third kappa shape index (κ3) is 1.67. The third-order valence-electron chi connectivity index (χ3n) is 3.70. The van der Waals surface area contributed by atoms with Gasteiger partial charge in [-0.3, -0.25) is 4.98 Å². The molecule has 0 amide bonds. The van der Waals surface area contributed by atoms with Gasteiger partial charge in [0.05, 0.1) is 11.2 Å². The monoisotopic (exact) mass is 278 g/mol. The molecule has 0 aliphatic heterocycles. The molecule has 4 aromatic rings. The topological polar surface area (TPSA) is 28.7 Å². The highest BCUT2D eigenvalue weighted by Gasteiger charge is 2.11. The zero-order valence-corrected chi connectivity index (χ0v) is 12.0. The van der Waals surface area contributed by atoms with Crippen LogP contribution in [0.15, 0.2) is 48.0 Å². The minimum Gasteiger partial charge on any atom is -0.353 e. The molecule has 3 heterocycles. The Morgan fingerprint density at radius 2 is 2.05 bits per heavy atom. The Kier molecular flexibility index (Phi) is 2.60. The molecule has 0 spiro atoms. The molecule has 20 heavy (non-hydrogen) atoms. The smallest absolute Gasteiger partial charge is 0.0951 e. The highest BCUT2D eigenvalue weighted by molar-refractivity contribution is 7.10. The third-order valence-corrected chi connectivity index (χ3v) is 4.78. The Balaban J connectivity index is 2.04. The number of benzene rings is 1. The Bertz CT molecular complexity index is 902. The molecule has 4 rings (SSSR count). The number of hydrogen-bond acceptors (Lipinski definition) is 2. The normalized spacial score (nSPS) is 11.4. The Morgan fingerprint density at radius 1 is 1.15 bits per heavy atom. The van der Waals surface area contributed by atoms with Crippen molar-refractivity contribution in [3.05, 3.63) is 52.9 Å². The van der Waals surface area contributed by atoms with Crippen molar-refractivity contribution in [3.63, 3.8) is 0 Å². The number of aromatic amines is 1. The van der Waals surface area contributed by atoms with Gasteiger partial charge in [-0.25, -0.2) is 0 Å². The van der Waals surface area contributed by atoms with Gasteiger partial charge in [-0.2, -0.15) is 0 Å². The van der Waals surface area contributed by atoms with E-state index in [0.29, 0.717) is 0 Å². The van der Waals surface area contributed by atoms with E-state index in [2.05, 4.69) is 58.7 Å². The standard InChI is InChI=1S/C17H14N2S/c1-2-12-9-11(10-20-12)16-17-14(7-8-18-16)13-5-3-4-6-15(13)19-17/h3-10,19H,2H2,1H3. The van der Waals surface area contributed by atoms with Gasteiger partial charge in [-0.05, 0) is 24.6 Å². The number of thiophene rings is 1. The fourth-order valence-corrected chi connectivity index (χ4v) is 3.50. The van der Waals surface area contributed by atoms with Crippen molar-refractivity contribution in [2.24, 2.45) is 0 Å². The molecule has 0 saturated heterocycles. The number of nitrogens with one attached hydrogen (secondary N) is 1. The maximum atomic E-state index is 4.60. The first-order valence-corrected chi connectivity index (χ1v) is 7.68. The van der Waals surface area contributed by atoms with E-state index in [0.717, 1.165) is 17.6 Å². The molecule has 98 valence electrons. The van der Waals surface area contributed by atoms with Gasteiger partial charge in [-0.15, -0.1) is 11.3 Å². The fourth-order valence-electron chi connectivity index (χ4n) is 2.68. The SMILES string of the molecule is CCc1cc(-c2nccc3c2[nH]c2ccccc23)cs1. The molecular weight excluding hydrogens is 264 g/mol. The average Bonchev–Trinajstić information content (AvgIpc) is 3.11. The number of pyridine rings is 1. The second-order valence-corrected chi connectivity index (χ2v) is 5.90.